The Morgan fingerprint density at radius 3 is 1.94 bits per heavy atom. The van der Waals surface area contributed by atoms with Gasteiger partial charge in [-0.3, -0.25) is 4.40 Å². The van der Waals surface area contributed by atoms with Crippen molar-refractivity contribution in [3.8, 4) is 0 Å². The Kier molecular flexibility index (Phi) is 3.63. The van der Waals surface area contributed by atoms with Crippen LogP contribution in [0.4, 0.5) is 0 Å². The zero-order valence-electron chi connectivity index (χ0n) is 22.1. The van der Waals surface area contributed by atoms with Crippen molar-refractivity contribution < 1.29 is 0 Å². The van der Waals surface area contributed by atoms with E-state index in [4.69, 9.17) is 4.98 Å². The van der Waals surface area contributed by atoms with Crippen LogP contribution in [0.2, 0.25) is 0 Å². The Morgan fingerprint density at radius 1 is 0.727 bits per heavy atom. The molecule has 2 aliphatic carbocycles. The molecule has 0 unspecified atom stereocenters. The molecule has 0 amide bonds. The van der Waals surface area contributed by atoms with Crippen LogP contribution in [-0.2, 0) is 21.7 Å². The van der Waals surface area contributed by atoms with Gasteiger partial charge >= 0.3 is 0 Å². The van der Waals surface area contributed by atoms with Crippen LogP contribution in [0.1, 0.15) is 98.0 Å². The zero-order valence-corrected chi connectivity index (χ0v) is 22.1. The molecule has 33 heavy (non-hydrogen) atoms. The van der Waals surface area contributed by atoms with Gasteiger partial charge in [0.1, 0.15) is 5.65 Å². The van der Waals surface area contributed by atoms with E-state index in [0.29, 0.717) is 0 Å². The van der Waals surface area contributed by atoms with Crippen LogP contribution in [-0.4, -0.2) is 9.38 Å². The second kappa shape index (κ2) is 5.65. The molecule has 0 atom stereocenters. The number of pyridine rings is 1. The summed E-state index contributed by atoms with van der Waals surface area (Å²) in [5.41, 5.74) is 9.98. The van der Waals surface area contributed by atoms with Gasteiger partial charge in [-0.1, -0.05) is 93.5 Å². The maximum Gasteiger partial charge on any atom is 0.146 e. The molecule has 4 aromatic rings. The van der Waals surface area contributed by atoms with E-state index in [1.807, 2.05) is 0 Å². The Morgan fingerprint density at radius 2 is 1.30 bits per heavy atom. The molecule has 2 aromatic carbocycles. The van der Waals surface area contributed by atoms with E-state index in [0.717, 1.165) is 17.6 Å². The molecule has 0 saturated heterocycles. The highest BCUT2D eigenvalue weighted by Crippen LogP contribution is 2.62. The lowest BCUT2D eigenvalue weighted by atomic mass is 9.59. The van der Waals surface area contributed by atoms with Gasteiger partial charge in [0.05, 0.1) is 11.0 Å². The van der Waals surface area contributed by atoms with Gasteiger partial charge in [-0.2, -0.15) is 0 Å². The second-order valence-electron chi connectivity index (χ2n) is 13.7. The smallest absolute Gasteiger partial charge is 0.146 e. The summed E-state index contributed by atoms with van der Waals surface area (Å²) in [6.07, 6.45) is 1.15. The maximum absolute atomic E-state index is 5.34. The number of benzene rings is 2. The highest BCUT2D eigenvalue weighted by Gasteiger charge is 2.57. The Balaban J connectivity index is 1.86. The highest BCUT2D eigenvalue weighted by molar-refractivity contribution is 6.02. The summed E-state index contributed by atoms with van der Waals surface area (Å²) in [4.78, 5) is 5.34. The molecule has 2 aromatic heterocycles. The normalized spacial score (nSPS) is 23.3. The van der Waals surface area contributed by atoms with Crippen molar-refractivity contribution in [3.63, 3.8) is 0 Å². The molecule has 0 fully saturated rings. The van der Waals surface area contributed by atoms with E-state index in [9.17, 15) is 0 Å². The van der Waals surface area contributed by atoms with Gasteiger partial charge in [-0.25, -0.2) is 4.98 Å². The third-order valence-electron chi connectivity index (χ3n) is 10.4. The maximum atomic E-state index is 5.34. The van der Waals surface area contributed by atoms with Crippen molar-refractivity contribution >= 4 is 27.5 Å². The zero-order chi connectivity index (χ0) is 23.9. The predicted molar refractivity (Wildman–Crippen MR) is 141 cm³/mol. The summed E-state index contributed by atoms with van der Waals surface area (Å²) >= 11 is 0. The average Bonchev–Trinajstić information content (AvgIpc) is 3.20. The summed E-state index contributed by atoms with van der Waals surface area (Å²) in [5, 5.41) is 2.65. The van der Waals surface area contributed by atoms with Gasteiger partial charge in [0, 0.05) is 16.5 Å². The van der Waals surface area contributed by atoms with E-state index in [-0.39, 0.29) is 27.1 Å². The molecule has 6 rings (SSSR count). The van der Waals surface area contributed by atoms with Gasteiger partial charge in [0.15, 0.2) is 0 Å². The fourth-order valence-electron chi connectivity index (χ4n) is 7.76. The van der Waals surface area contributed by atoms with Crippen LogP contribution in [0.15, 0.2) is 36.4 Å². The van der Waals surface area contributed by atoms with Gasteiger partial charge < -0.3 is 0 Å². The first-order chi connectivity index (χ1) is 15.1. The Hall–Kier alpha value is -2.35. The van der Waals surface area contributed by atoms with Crippen LogP contribution in [0.5, 0.6) is 0 Å². The van der Waals surface area contributed by atoms with Gasteiger partial charge in [-0.05, 0) is 62.3 Å². The number of nitrogens with zero attached hydrogens (tertiary/aromatic N) is 2. The lowest BCUT2D eigenvalue weighted by molar-refractivity contribution is 0.125. The third kappa shape index (κ3) is 2.24. The lowest BCUT2D eigenvalue weighted by Crippen LogP contribution is -2.42. The summed E-state index contributed by atoms with van der Waals surface area (Å²) in [6, 6.07) is 13.8. The molecule has 2 heteroatoms. The van der Waals surface area contributed by atoms with Crippen LogP contribution in [0.25, 0.3) is 27.5 Å². The predicted octanol–water partition coefficient (Wildman–Crippen LogP) is 8.19. The number of hydrogen-bond acceptors (Lipinski definition) is 1. The average molecular weight is 439 g/mol. The van der Waals surface area contributed by atoms with Crippen molar-refractivity contribution in [1.29, 1.82) is 0 Å². The van der Waals surface area contributed by atoms with Crippen molar-refractivity contribution in [2.75, 3.05) is 0 Å². The third-order valence-corrected chi connectivity index (χ3v) is 10.4. The first-order valence-corrected chi connectivity index (χ1v) is 12.6. The number of hydrogen-bond donors (Lipinski definition) is 0. The molecular weight excluding hydrogens is 400 g/mol. The number of aromatic nitrogens is 2. The number of rotatable bonds is 0. The highest BCUT2D eigenvalue weighted by atomic mass is 15.0. The van der Waals surface area contributed by atoms with Crippen molar-refractivity contribution in [2.24, 2.45) is 5.41 Å². The summed E-state index contributed by atoms with van der Waals surface area (Å²) < 4.78 is 2.54. The van der Waals surface area contributed by atoms with Crippen molar-refractivity contribution in [2.45, 2.75) is 97.3 Å². The number of fused-ring (bicyclic) bond motifs is 9. The van der Waals surface area contributed by atoms with E-state index in [1.165, 1.54) is 38.7 Å². The summed E-state index contributed by atoms with van der Waals surface area (Å²) in [6.45, 7) is 24.3. The molecule has 0 aliphatic heterocycles. The van der Waals surface area contributed by atoms with Gasteiger partial charge in [0.25, 0.3) is 0 Å². The second-order valence-corrected chi connectivity index (χ2v) is 13.7. The summed E-state index contributed by atoms with van der Waals surface area (Å²) in [7, 11) is 0. The van der Waals surface area contributed by atoms with Crippen LogP contribution in [0, 0.1) is 5.41 Å². The Labute approximate surface area is 198 Å². The van der Waals surface area contributed by atoms with Gasteiger partial charge in [0.2, 0.25) is 0 Å². The number of imidazole rings is 1. The minimum absolute atomic E-state index is 0.0823. The first-order valence-electron chi connectivity index (χ1n) is 12.6. The molecule has 0 radical (unpaired) electrons. The topological polar surface area (TPSA) is 17.3 Å². The lowest BCUT2D eigenvalue weighted by Gasteiger charge is -2.44. The van der Waals surface area contributed by atoms with E-state index >= 15 is 0 Å². The molecule has 0 spiro atoms. The van der Waals surface area contributed by atoms with Crippen molar-refractivity contribution in [3.05, 3.63) is 58.8 Å². The van der Waals surface area contributed by atoms with Crippen molar-refractivity contribution in [1.82, 2.24) is 9.38 Å². The van der Waals surface area contributed by atoms with Crippen LogP contribution >= 0.6 is 0 Å². The van der Waals surface area contributed by atoms with Gasteiger partial charge in [-0.15, -0.1) is 0 Å². The molecule has 0 N–H and O–H groups in total. The van der Waals surface area contributed by atoms with E-state index < -0.39 is 0 Å². The fourth-order valence-corrected chi connectivity index (χ4v) is 7.76. The Bertz CT molecular complexity index is 1510. The van der Waals surface area contributed by atoms with E-state index in [2.05, 4.69) is 110 Å². The molecule has 172 valence electrons. The molecular formula is C31H38N2. The van der Waals surface area contributed by atoms with Crippen LogP contribution in [0.3, 0.4) is 0 Å². The quantitative estimate of drug-likeness (QED) is 0.270. The van der Waals surface area contributed by atoms with E-state index in [1.54, 1.807) is 0 Å². The molecule has 2 nitrogen and oxygen atoms in total. The SMILES string of the molecule is CC1(C)CC(C)(C)c2c1c1ccccc1c1nc3cc4c(cc3n21)C(C)(C)C(C)(C)C4(C)C. The molecule has 2 heterocycles. The fraction of sp³-hybridized carbons (Fsp3) is 0.516. The summed E-state index contributed by atoms with van der Waals surface area (Å²) in [5.74, 6) is 0. The molecule has 0 bridgehead atoms. The van der Waals surface area contributed by atoms with Crippen LogP contribution < -0.4 is 0 Å². The largest absolute Gasteiger partial charge is 0.295 e. The molecule has 2 aliphatic rings. The standard InChI is InChI=1S/C31H38N2/c1-27(2)17-28(3,4)25-24(27)18-13-11-12-14-19(18)26-32-22-15-20-21(16-23(22)33(25)26)30(7,8)31(9,10)29(20,5)6/h11-16H,17H2,1-10H3. The first kappa shape index (κ1) is 21.2. The monoisotopic (exact) mass is 438 g/mol. The minimum atomic E-state index is 0.0823. The minimum Gasteiger partial charge on any atom is -0.295 e. The molecule has 0 saturated carbocycles.